The van der Waals surface area contributed by atoms with Crippen LogP contribution in [-0.2, 0) is 11.5 Å². The van der Waals surface area contributed by atoms with Gasteiger partial charge in [-0.3, -0.25) is 4.98 Å². The Balaban J connectivity index is 1.92. The van der Waals surface area contributed by atoms with Gasteiger partial charge >= 0.3 is 5.92 Å². The van der Waals surface area contributed by atoms with Crippen LogP contribution in [0.25, 0.3) is 0 Å². The first kappa shape index (κ1) is 20.8. The highest BCUT2D eigenvalue weighted by molar-refractivity contribution is 6.30. The molecule has 0 aliphatic heterocycles. The van der Waals surface area contributed by atoms with E-state index >= 15 is 8.78 Å². The lowest BCUT2D eigenvalue weighted by molar-refractivity contribution is -0.220. The second kappa shape index (κ2) is 8.24. The van der Waals surface area contributed by atoms with Crippen LogP contribution in [0.5, 0.6) is 0 Å². The zero-order valence-electron chi connectivity index (χ0n) is 15.8. The van der Waals surface area contributed by atoms with Gasteiger partial charge in [0.2, 0.25) is 0 Å². The molecule has 3 rings (SSSR count). The third-order valence-corrected chi connectivity index (χ3v) is 4.85. The van der Waals surface area contributed by atoms with Crippen LogP contribution in [0.15, 0.2) is 61.3 Å². The van der Waals surface area contributed by atoms with Crippen molar-refractivity contribution in [3.63, 3.8) is 0 Å². The molecule has 3 aromatic rings. The molecule has 2 aromatic heterocycles. The van der Waals surface area contributed by atoms with Gasteiger partial charge in [-0.2, -0.15) is 8.78 Å². The van der Waals surface area contributed by atoms with Crippen LogP contribution < -0.4 is 0 Å². The summed E-state index contributed by atoms with van der Waals surface area (Å²) in [5, 5.41) is 11.6. The molecular weight excluding hydrogens is 396 g/mol. The van der Waals surface area contributed by atoms with Crippen molar-refractivity contribution in [1.82, 2.24) is 15.0 Å². The summed E-state index contributed by atoms with van der Waals surface area (Å²) in [6.45, 7) is 3.01. The Morgan fingerprint density at radius 3 is 2.07 bits per heavy atom. The van der Waals surface area contributed by atoms with Crippen LogP contribution in [0.3, 0.4) is 0 Å². The number of pyridine rings is 1. The van der Waals surface area contributed by atoms with E-state index in [1.54, 1.807) is 24.3 Å². The molecular formula is C22H18ClF2N3O. The van der Waals surface area contributed by atoms with E-state index < -0.39 is 23.1 Å². The van der Waals surface area contributed by atoms with E-state index in [4.69, 9.17) is 11.6 Å². The molecule has 0 fully saturated rings. The Labute approximate surface area is 172 Å². The van der Waals surface area contributed by atoms with E-state index in [0.29, 0.717) is 10.6 Å². The van der Waals surface area contributed by atoms with Gasteiger partial charge in [0.25, 0.3) is 0 Å². The molecule has 0 radical (unpaired) electrons. The Hall–Kier alpha value is -2.88. The van der Waals surface area contributed by atoms with Gasteiger partial charge in [0, 0.05) is 40.3 Å². The molecule has 0 saturated heterocycles. The first-order chi connectivity index (χ1) is 13.7. The van der Waals surface area contributed by atoms with Crippen molar-refractivity contribution in [2.75, 3.05) is 0 Å². The summed E-state index contributed by atoms with van der Waals surface area (Å²) in [5.41, 5.74) is -1.95. The van der Waals surface area contributed by atoms with Crippen molar-refractivity contribution in [1.29, 1.82) is 0 Å². The summed E-state index contributed by atoms with van der Waals surface area (Å²) in [5.74, 6) is 1.29. The fraction of sp³-hybridized carbons (Fsp3) is 0.227. The highest BCUT2D eigenvalue weighted by atomic mass is 35.5. The number of hydrogen-bond acceptors (Lipinski definition) is 4. The largest absolute Gasteiger partial charge is 0.378 e. The lowest BCUT2D eigenvalue weighted by atomic mass is 9.78. The van der Waals surface area contributed by atoms with E-state index in [2.05, 4.69) is 26.8 Å². The van der Waals surface area contributed by atoms with Gasteiger partial charge in [-0.15, -0.1) is 0 Å². The lowest BCUT2D eigenvalue weighted by Crippen LogP contribution is -2.48. The summed E-state index contributed by atoms with van der Waals surface area (Å²) in [6, 6.07) is 9.57. The minimum absolute atomic E-state index is 0.0755. The third-order valence-electron chi connectivity index (χ3n) is 4.60. The van der Waals surface area contributed by atoms with Crippen molar-refractivity contribution >= 4 is 11.6 Å². The van der Waals surface area contributed by atoms with Gasteiger partial charge in [-0.05, 0) is 42.3 Å². The Kier molecular flexibility index (Phi) is 5.92. The number of aliphatic hydroxyl groups is 1. The van der Waals surface area contributed by atoms with Crippen LogP contribution in [0.1, 0.15) is 36.2 Å². The van der Waals surface area contributed by atoms with Crippen LogP contribution in [0, 0.1) is 17.8 Å². The van der Waals surface area contributed by atoms with E-state index in [-0.39, 0.29) is 5.56 Å². The molecule has 1 atom stereocenters. The third kappa shape index (κ3) is 4.12. The summed E-state index contributed by atoms with van der Waals surface area (Å²) in [7, 11) is 0. The molecule has 0 aliphatic rings. The van der Waals surface area contributed by atoms with E-state index in [1.807, 2.05) is 0 Å². The smallest absolute Gasteiger partial charge is 0.322 e. The van der Waals surface area contributed by atoms with E-state index in [9.17, 15) is 5.11 Å². The standard InChI is InChI=1S/C22H18ClF2N3O/c1-15(2)21(29,18-12-26-14-27-13-18)22(24,25)20-10-7-17(11-28-20)4-3-16-5-8-19(23)9-6-16/h5-15,29H,1-2H3. The molecule has 1 N–H and O–H groups in total. The average molecular weight is 414 g/mol. The zero-order valence-corrected chi connectivity index (χ0v) is 16.5. The van der Waals surface area contributed by atoms with Crippen LogP contribution >= 0.6 is 11.6 Å². The molecule has 29 heavy (non-hydrogen) atoms. The second-order valence-electron chi connectivity index (χ2n) is 6.81. The summed E-state index contributed by atoms with van der Waals surface area (Å²) in [6.07, 6.45) is 4.85. The van der Waals surface area contributed by atoms with Crippen molar-refractivity contribution < 1.29 is 13.9 Å². The van der Waals surface area contributed by atoms with Gasteiger partial charge in [0.05, 0.1) is 0 Å². The number of alkyl halides is 2. The van der Waals surface area contributed by atoms with Crippen molar-refractivity contribution in [3.05, 3.63) is 88.7 Å². The molecule has 0 aliphatic carbocycles. The average Bonchev–Trinajstić information content (AvgIpc) is 2.73. The topological polar surface area (TPSA) is 58.9 Å². The van der Waals surface area contributed by atoms with Crippen LogP contribution in [0.2, 0.25) is 5.02 Å². The number of rotatable bonds is 4. The van der Waals surface area contributed by atoms with Crippen LogP contribution in [0.4, 0.5) is 8.78 Å². The molecule has 7 heteroatoms. The molecule has 148 valence electrons. The van der Waals surface area contributed by atoms with Gasteiger partial charge in [0.15, 0.2) is 5.60 Å². The van der Waals surface area contributed by atoms with Crippen molar-refractivity contribution in [3.8, 4) is 11.8 Å². The Morgan fingerprint density at radius 1 is 0.931 bits per heavy atom. The van der Waals surface area contributed by atoms with E-state index in [1.165, 1.54) is 50.9 Å². The highest BCUT2D eigenvalue weighted by Gasteiger charge is 2.58. The van der Waals surface area contributed by atoms with Gasteiger partial charge in [-0.1, -0.05) is 37.3 Å². The van der Waals surface area contributed by atoms with Crippen molar-refractivity contribution in [2.45, 2.75) is 25.4 Å². The first-order valence-electron chi connectivity index (χ1n) is 8.85. The molecule has 1 aromatic carbocycles. The molecule has 0 bridgehead atoms. The number of nitrogens with zero attached hydrogens (tertiary/aromatic N) is 3. The van der Waals surface area contributed by atoms with Gasteiger partial charge in [0.1, 0.15) is 12.0 Å². The fourth-order valence-electron chi connectivity index (χ4n) is 2.90. The number of halogens is 3. The first-order valence-corrected chi connectivity index (χ1v) is 9.22. The minimum atomic E-state index is -3.67. The number of hydrogen-bond donors (Lipinski definition) is 1. The molecule has 4 nitrogen and oxygen atoms in total. The highest BCUT2D eigenvalue weighted by Crippen LogP contribution is 2.48. The Bertz CT molecular complexity index is 1030. The second-order valence-corrected chi connectivity index (χ2v) is 7.25. The maximum Gasteiger partial charge on any atom is 0.322 e. The SMILES string of the molecule is CC(C)C(O)(c1cncnc1)C(F)(F)c1ccc(C#Cc2ccc(Cl)cc2)cn1. The predicted molar refractivity (Wildman–Crippen MR) is 106 cm³/mol. The van der Waals surface area contributed by atoms with Gasteiger partial charge < -0.3 is 5.11 Å². The maximum atomic E-state index is 15.3. The number of aromatic nitrogens is 3. The monoisotopic (exact) mass is 413 g/mol. The quantitative estimate of drug-likeness (QED) is 0.637. The molecule has 2 heterocycles. The number of benzene rings is 1. The Morgan fingerprint density at radius 2 is 1.52 bits per heavy atom. The summed E-state index contributed by atoms with van der Waals surface area (Å²) in [4.78, 5) is 11.4. The van der Waals surface area contributed by atoms with Crippen LogP contribution in [-0.4, -0.2) is 20.1 Å². The molecule has 0 saturated carbocycles. The summed E-state index contributed by atoms with van der Waals surface area (Å²) < 4.78 is 30.7. The summed E-state index contributed by atoms with van der Waals surface area (Å²) >= 11 is 5.83. The van der Waals surface area contributed by atoms with Gasteiger partial charge in [-0.25, -0.2) is 9.97 Å². The normalized spacial score (nSPS) is 13.5. The zero-order chi connectivity index (χ0) is 21.1. The fourth-order valence-corrected chi connectivity index (χ4v) is 3.03. The molecule has 0 spiro atoms. The molecule has 1 unspecified atom stereocenters. The predicted octanol–water partition coefficient (Wildman–Crippen LogP) is 4.56. The van der Waals surface area contributed by atoms with E-state index in [0.717, 1.165) is 5.56 Å². The van der Waals surface area contributed by atoms with Crippen molar-refractivity contribution in [2.24, 2.45) is 5.92 Å². The molecule has 0 amide bonds. The minimum Gasteiger partial charge on any atom is -0.378 e. The maximum absolute atomic E-state index is 15.3. The lowest BCUT2D eigenvalue weighted by Gasteiger charge is -2.38.